The SMILES string of the molecule is C[C@]12CC[C@H](O)C[C@H]1CCC1C2C[C@H](O)[C@]2(C)C(=O)CCC12. The molecule has 0 aromatic rings. The number of hydrogen-bond acceptors (Lipinski definition) is 3. The van der Waals surface area contributed by atoms with Gasteiger partial charge in [-0.3, -0.25) is 4.79 Å². The Labute approximate surface area is 133 Å². The summed E-state index contributed by atoms with van der Waals surface area (Å²) in [6, 6.07) is 0. The Kier molecular flexibility index (Phi) is 3.30. The van der Waals surface area contributed by atoms with Gasteiger partial charge in [0, 0.05) is 6.42 Å². The van der Waals surface area contributed by atoms with Gasteiger partial charge in [-0.2, -0.15) is 0 Å². The molecule has 0 spiro atoms. The van der Waals surface area contributed by atoms with Gasteiger partial charge in [0.05, 0.1) is 17.6 Å². The van der Waals surface area contributed by atoms with E-state index in [1.807, 2.05) is 6.92 Å². The van der Waals surface area contributed by atoms with Crippen molar-refractivity contribution >= 4 is 5.78 Å². The largest absolute Gasteiger partial charge is 0.393 e. The van der Waals surface area contributed by atoms with Crippen molar-refractivity contribution in [3.05, 3.63) is 0 Å². The Bertz CT molecular complexity index is 489. The van der Waals surface area contributed by atoms with E-state index >= 15 is 0 Å². The fourth-order valence-electron chi connectivity index (χ4n) is 6.98. The lowest BCUT2D eigenvalue weighted by atomic mass is 9.44. The summed E-state index contributed by atoms with van der Waals surface area (Å²) in [5.74, 6) is 2.44. The minimum Gasteiger partial charge on any atom is -0.393 e. The number of ketones is 1. The summed E-state index contributed by atoms with van der Waals surface area (Å²) in [7, 11) is 0. The van der Waals surface area contributed by atoms with Crippen molar-refractivity contribution in [2.45, 2.75) is 77.4 Å². The van der Waals surface area contributed by atoms with Crippen LogP contribution < -0.4 is 0 Å². The zero-order chi connectivity index (χ0) is 15.7. The van der Waals surface area contributed by atoms with Crippen molar-refractivity contribution in [2.24, 2.45) is 34.5 Å². The van der Waals surface area contributed by atoms with Crippen LogP contribution in [0.3, 0.4) is 0 Å². The molecule has 2 N–H and O–H groups in total. The van der Waals surface area contributed by atoms with Crippen molar-refractivity contribution in [2.75, 3.05) is 0 Å². The summed E-state index contributed by atoms with van der Waals surface area (Å²) in [5.41, 5.74) is -0.214. The predicted octanol–water partition coefficient (Wildman–Crippen LogP) is 2.93. The van der Waals surface area contributed by atoms with Gasteiger partial charge in [-0.1, -0.05) is 6.92 Å². The van der Waals surface area contributed by atoms with Gasteiger partial charge in [-0.25, -0.2) is 0 Å². The minimum atomic E-state index is -0.474. The van der Waals surface area contributed by atoms with E-state index in [9.17, 15) is 15.0 Å². The molecule has 3 unspecified atom stereocenters. The molecule has 0 radical (unpaired) electrons. The van der Waals surface area contributed by atoms with Crippen molar-refractivity contribution in [3.63, 3.8) is 0 Å². The van der Waals surface area contributed by atoms with E-state index < -0.39 is 11.5 Å². The van der Waals surface area contributed by atoms with E-state index in [2.05, 4.69) is 6.92 Å². The highest BCUT2D eigenvalue weighted by molar-refractivity contribution is 5.87. The molecule has 0 amide bonds. The normalized spacial score (nSPS) is 57.9. The maximum Gasteiger partial charge on any atom is 0.141 e. The van der Waals surface area contributed by atoms with Gasteiger partial charge >= 0.3 is 0 Å². The van der Waals surface area contributed by atoms with Crippen LogP contribution in [0.2, 0.25) is 0 Å². The monoisotopic (exact) mass is 306 g/mol. The number of carbonyl (C=O) groups excluding carboxylic acids is 1. The zero-order valence-electron chi connectivity index (χ0n) is 13.9. The van der Waals surface area contributed by atoms with Crippen LogP contribution in [0, 0.1) is 34.5 Å². The highest BCUT2D eigenvalue weighted by Gasteiger charge is 2.63. The molecule has 4 fully saturated rings. The van der Waals surface area contributed by atoms with Gasteiger partial charge in [-0.05, 0) is 81.0 Å². The van der Waals surface area contributed by atoms with Gasteiger partial charge in [0.1, 0.15) is 5.78 Å². The third-order valence-electron chi connectivity index (χ3n) is 8.46. The Morgan fingerprint density at radius 2 is 1.77 bits per heavy atom. The molecule has 124 valence electrons. The van der Waals surface area contributed by atoms with E-state index in [0.29, 0.717) is 35.9 Å². The van der Waals surface area contributed by atoms with Crippen molar-refractivity contribution in [3.8, 4) is 0 Å². The Morgan fingerprint density at radius 3 is 2.55 bits per heavy atom. The van der Waals surface area contributed by atoms with Crippen molar-refractivity contribution < 1.29 is 15.0 Å². The van der Waals surface area contributed by atoms with Gasteiger partial charge in [0.25, 0.3) is 0 Å². The van der Waals surface area contributed by atoms with Gasteiger partial charge in [-0.15, -0.1) is 0 Å². The Morgan fingerprint density at radius 1 is 1.00 bits per heavy atom. The molecule has 4 saturated carbocycles. The lowest BCUT2D eigenvalue weighted by Crippen LogP contribution is -2.58. The topological polar surface area (TPSA) is 57.5 Å². The number of Topliss-reactive ketones (excluding diaryl/α,β-unsaturated/α-hetero) is 1. The van der Waals surface area contributed by atoms with Crippen LogP contribution in [0.1, 0.15) is 65.2 Å². The van der Waals surface area contributed by atoms with E-state index in [1.165, 1.54) is 12.8 Å². The first-order chi connectivity index (χ1) is 10.4. The number of aliphatic hydroxyl groups is 2. The lowest BCUT2D eigenvalue weighted by molar-refractivity contribution is -0.169. The van der Waals surface area contributed by atoms with Gasteiger partial charge < -0.3 is 10.2 Å². The Hall–Kier alpha value is -0.410. The van der Waals surface area contributed by atoms with Crippen LogP contribution in [0.4, 0.5) is 0 Å². The molecule has 3 nitrogen and oxygen atoms in total. The molecule has 4 rings (SSSR count). The highest BCUT2D eigenvalue weighted by Crippen LogP contribution is 2.65. The summed E-state index contributed by atoms with van der Waals surface area (Å²) >= 11 is 0. The Balaban J connectivity index is 1.68. The summed E-state index contributed by atoms with van der Waals surface area (Å²) in [6.45, 7) is 4.44. The molecular formula is C19H30O3. The lowest BCUT2D eigenvalue weighted by Gasteiger charge is -2.61. The second-order valence-corrected chi connectivity index (χ2v) is 9.08. The smallest absolute Gasteiger partial charge is 0.141 e. The quantitative estimate of drug-likeness (QED) is 0.723. The number of rotatable bonds is 0. The summed E-state index contributed by atoms with van der Waals surface area (Å²) in [6.07, 6.45) is 7.19. The molecule has 8 atom stereocenters. The molecule has 0 bridgehead atoms. The van der Waals surface area contributed by atoms with E-state index in [1.54, 1.807) is 0 Å². The van der Waals surface area contributed by atoms with Gasteiger partial charge in [0.15, 0.2) is 0 Å². The molecule has 0 aromatic heterocycles. The molecule has 3 heteroatoms. The van der Waals surface area contributed by atoms with Gasteiger partial charge in [0.2, 0.25) is 0 Å². The second-order valence-electron chi connectivity index (χ2n) is 9.08. The number of fused-ring (bicyclic) bond motifs is 5. The first-order valence-corrected chi connectivity index (χ1v) is 9.26. The van der Waals surface area contributed by atoms with E-state index in [-0.39, 0.29) is 11.5 Å². The zero-order valence-corrected chi connectivity index (χ0v) is 13.9. The fraction of sp³-hybridized carbons (Fsp3) is 0.947. The summed E-state index contributed by atoms with van der Waals surface area (Å²) in [4.78, 5) is 12.4. The maximum atomic E-state index is 12.4. The van der Waals surface area contributed by atoms with Crippen molar-refractivity contribution in [1.29, 1.82) is 0 Å². The molecule has 0 heterocycles. The number of hydrogen-bond donors (Lipinski definition) is 2. The fourth-order valence-corrected chi connectivity index (χ4v) is 6.98. The van der Waals surface area contributed by atoms with Crippen LogP contribution in [0.5, 0.6) is 0 Å². The minimum absolute atomic E-state index is 0.124. The van der Waals surface area contributed by atoms with Crippen LogP contribution in [-0.2, 0) is 4.79 Å². The molecule has 0 aliphatic heterocycles. The number of aliphatic hydroxyl groups excluding tert-OH is 2. The molecule has 4 aliphatic rings. The summed E-state index contributed by atoms with van der Waals surface area (Å²) < 4.78 is 0. The van der Waals surface area contributed by atoms with Crippen LogP contribution in [-0.4, -0.2) is 28.2 Å². The van der Waals surface area contributed by atoms with Crippen LogP contribution in [0.15, 0.2) is 0 Å². The first kappa shape index (κ1) is 15.1. The molecule has 4 aliphatic carbocycles. The second kappa shape index (κ2) is 4.80. The van der Waals surface area contributed by atoms with Crippen LogP contribution >= 0.6 is 0 Å². The number of carbonyl (C=O) groups is 1. The van der Waals surface area contributed by atoms with Crippen LogP contribution in [0.25, 0.3) is 0 Å². The molecule has 0 aromatic carbocycles. The average Bonchev–Trinajstić information content (AvgIpc) is 2.79. The predicted molar refractivity (Wildman–Crippen MR) is 84.1 cm³/mol. The van der Waals surface area contributed by atoms with E-state index in [0.717, 1.165) is 32.1 Å². The third-order valence-corrected chi connectivity index (χ3v) is 8.46. The third kappa shape index (κ3) is 1.78. The van der Waals surface area contributed by atoms with E-state index in [4.69, 9.17) is 0 Å². The standard InChI is InChI=1S/C19H30O3/c1-18-8-7-12(20)9-11(18)3-4-13-14-5-6-16(21)19(14,2)17(22)10-15(13)18/h11-15,17,20,22H,3-10H2,1-2H3/t11-,12+,13?,14?,15?,17+,18+,19+/m1/s1. The average molecular weight is 306 g/mol. The highest BCUT2D eigenvalue weighted by atomic mass is 16.3. The molecular weight excluding hydrogens is 276 g/mol. The summed E-state index contributed by atoms with van der Waals surface area (Å²) in [5, 5.41) is 20.9. The van der Waals surface area contributed by atoms with Crippen molar-refractivity contribution in [1.82, 2.24) is 0 Å². The maximum absolute atomic E-state index is 12.4. The first-order valence-electron chi connectivity index (χ1n) is 9.26. The molecule has 22 heavy (non-hydrogen) atoms. The molecule has 0 saturated heterocycles.